The number of rotatable bonds is 5. The van der Waals surface area contributed by atoms with E-state index in [1.807, 2.05) is 42.5 Å². The summed E-state index contributed by atoms with van der Waals surface area (Å²) in [4.78, 5) is 15.3. The average Bonchev–Trinajstić information content (AvgIpc) is 2.67. The second kappa shape index (κ2) is 8.13. The summed E-state index contributed by atoms with van der Waals surface area (Å²) in [6.07, 6.45) is 6.08. The molecule has 142 valence electrons. The number of ether oxygens (including phenoxy) is 1. The molecular weight excluding hydrogens is 336 g/mol. The number of nitrogens with zero attached hydrogens (tertiary/aromatic N) is 1. The van der Waals surface area contributed by atoms with Gasteiger partial charge < -0.3 is 10.1 Å². The van der Waals surface area contributed by atoms with Crippen LogP contribution in [-0.2, 0) is 4.79 Å². The van der Waals surface area contributed by atoms with Gasteiger partial charge in [-0.1, -0.05) is 30.7 Å². The standard InChI is InChI=1S/C23H28N2O2/c1-27-22-9-2-5-18(15-22)17-10-12-20(13-11-17)24-23(26)19-6-4-14-25(16-19)21-7-3-8-21/h2,5,9-13,15,19,21H,3-4,6-8,14,16H2,1H3,(H,24,26)/t19-/m1/s1. The molecule has 2 aromatic rings. The number of piperidine rings is 1. The highest BCUT2D eigenvalue weighted by atomic mass is 16.5. The Hall–Kier alpha value is -2.33. The van der Waals surface area contributed by atoms with Gasteiger partial charge in [-0.25, -0.2) is 0 Å². The van der Waals surface area contributed by atoms with Crippen LogP contribution in [-0.4, -0.2) is 37.0 Å². The Bertz CT molecular complexity index is 783. The Balaban J connectivity index is 1.38. The summed E-state index contributed by atoms with van der Waals surface area (Å²) in [5.41, 5.74) is 3.09. The quantitative estimate of drug-likeness (QED) is 0.845. The molecule has 4 nitrogen and oxygen atoms in total. The third-order valence-electron chi connectivity index (χ3n) is 5.97. The van der Waals surface area contributed by atoms with Crippen LogP contribution in [0.1, 0.15) is 32.1 Å². The number of hydrogen-bond donors (Lipinski definition) is 1. The van der Waals surface area contributed by atoms with Crippen LogP contribution in [0.4, 0.5) is 5.69 Å². The molecule has 2 fully saturated rings. The molecule has 1 aliphatic carbocycles. The maximum Gasteiger partial charge on any atom is 0.228 e. The lowest BCUT2D eigenvalue weighted by molar-refractivity contribution is -0.122. The van der Waals surface area contributed by atoms with Crippen LogP contribution < -0.4 is 10.1 Å². The number of nitrogens with one attached hydrogen (secondary N) is 1. The molecule has 0 aromatic heterocycles. The second-order valence-electron chi connectivity index (χ2n) is 7.72. The van der Waals surface area contributed by atoms with Gasteiger partial charge in [0.05, 0.1) is 13.0 Å². The first kappa shape index (κ1) is 18.1. The Kier molecular flexibility index (Phi) is 5.44. The normalized spacial score (nSPS) is 20.7. The van der Waals surface area contributed by atoms with Crippen molar-refractivity contribution in [2.45, 2.75) is 38.1 Å². The van der Waals surface area contributed by atoms with Crippen molar-refractivity contribution in [3.05, 3.63) is 48.5 Å². The van der Waals surface area contributed by atoms with Crippen molar-refractivity contribution >= 4 is 11.6 Å². The minimum atomic E-state index is 0.109. The number of likely N-dealkylation sites (tertiary alicyclic amines) is 1. The van der Waals surface area contributed by atoms with Crippen LogP contribution in [0, 0.1) is 5.92 Å². The van der Waals surface area contributed by atoms with Crippen molar-refractivity contribution in [2.24, 2.45) is 5.92 Å². The van der Waals surface area contributed by atoms with E-state index in [1.54, 1.807) is 7.11 Å². The zero-order valence-corrected chi connectivity index (χ0v) is 16.0. The first-order chi connectivity index (χ1) is 13.2. The molecule has 1 N–H and O–H groups in total. The van der Waals surface area contributed by atoms with Gasteiger partial charge in [-0.2, -0.15) is 0 Å². The SMILES string of the molecule is COc1cccc(-c2ccc(NC(=O)[C@@H]3CCCN(C4CCC4)C3)cc2)c1. The average molecular weight is 364 g/mol. The molecule has 1 atom stereocenters. The lowest BCUT2D eigenvalue weighted by Gasteiger charge is -2.42. The molecule has 1 heterocycles. The molecule has 27 heavy (non-hydrogen) atoms. The highest BCUT2D eigenvalue weighted by Gasteiger charge is 2.32. The number of carbonyl (C=O) groups is 1. The molecular formula is C23H28N2O2. The number of benzene rings is 2. The molecule has 4 rings (SSSR count). The topological polar surface area (TPSA) is 41.6 Å². The van der Waals surface area contributed by atoms with Gasteiger partial charge in [-0.05, 0) is 67.6 Å². The predicted molar refractivity (Wildman–Crippen MR) is 109 cm³/mol. The third-order valence-corrected chi connectivity index (χ3v) is 5.97. The van der Waals surface area contributed by atoms with Gasteiger partial charge >= 0.3 is 0 Å². The lowest BCUT2D eigenvalue weighted by atomic mass is 9.87. The van der Waals surface area contributed by atoms with Crippen molar-refractivity contribution in [2.75, 3.05) is 25.5 Å². The summed E-state index contributed by atoms with van der Waals surface area (Å²) in [6, 6.07) is 16.8. The first-order valence-corrected chi connectivity index (χ1v) is 10.0. The van der Waals surface area contributed by atoms with Crippen molar-refractivity contribution in [3.8, 4) is 16.9 Å². The van der Waals surface area contributed by atoms with Gasteiger partial charge in [0, 0.05) is 18.3 Å². The van der Waals surface area contributed by atoms with Gasteiger partial charge in [0.1, 0.15) is 5.75 Å². The zero-order chi connectivity index (χ0) is 18.6. The molecule has 0 bridgehead atoms. The summed E-state index contributed by atoms with van der Waals surface area (Å²) in [5, 5.41) is 3.12. The van der Waals surface area contributed by atoms with Crippen LogP contribution in [0.5, 0.6) is 5.75 Å². The molecule has 1 saturated carbocycles. The minimum absolute atomic E-state index is 0.109. The van der Waals surface area contributed by atoms with Gasteiger partial charge in [-0.3, -0.25) is 9.69 Å². The monoisotopic (exact) mass is 364 g/mol. The maximum absolute atomic E-state index is 12.7. The van der Waals surface area contributed by atoms with Crippen LogP contribution >= 0.6 is 0 Å². The molecule has 2 aliphatic rings. The van der Waals surface area contributed by atoms with E-state index in [9.17, 15) is 4.79 Å². The van der Waals surface area contributed by atoms with Gasteiger partial charge in [0.2, 0.25) is 5.91 Å². The lowest BCUT2D eigenvalue weighted by Crippen LogP contribution is -2.48. The van der Waals surface area contributed by atoms with Gasteiger partial charge in [0.25, 0.3) is 0 Å². The second-order valence-corrected chi connectivity index (χ2v) is 7.72. The molecule has 4 heteroatoms. The fraction of sp³-hybridized carbons (Fsp3) is 0.435. The van der Waals surface area contributed by atoms with Gasteiger partial charge in [0.15, 0.2) is 0 Å². The van der Waals surface area contributed by atoms with Crippen LogP contribution in [0.15, 0.2) is 48.5 Å². The maximum atomic E-state index is 12.7. The number of methoxy groups -OCH3 is 1. The van der Waals surface area contributed by atoms with E-state index < -0.39 is 0 Å². The smallest absolute Gasteiger partial charge is 0.228 e. The zero-order valence-electron chi connectivity index (χ0n) is 16.0. The molecule has 0 unspecified atom stereocenters. The largest absolute Gasteiger partial charge is 0.497 e. The van der Waals surface area contributed by atoms with Crippen molar-refractivity contribution in [1.82, 2.24) is 4.90 Å². The summed E-state index contributed by atoms with van der Waals surface area (Å²) >= 11 is 0. The molecule has 0 radical (unpaired) electrons. The summed E-state index contributed by atoms with van der Waals surface area (Å²) in [5.74, 6) is 1.11. The van der Waals surface area contributed by atoms with E-state index in [1.165, 1.54) is 19.3 Å². The fourth-order valence-electron chi connectivity index (χ4n) is 4.10. The number of anilines is 1. The molecule has 0 spiro atoms. The van der Waals surface area contributed by atoms with Crippen molar-refractivity contribution in [3.63, 3.8) is 0 Å². The van der Waals surface area contributed by atoms with E-state index in [0.29, 0.717) is 0 Å². The van der Waals surface area contributed by atoms with Crippen LogP contribution in [0.3, 0.4) is 0 Å². The molecule has 2 aromatic carbocycles. The summed E-state index contributed by atoms with van der Waals surface area (Å²) in [7, 11) is 1.68. The Morgan fingerprint density at radius 3 is 2.56 bits per heavy atom. The van der Waals surface area contributed by atoms with E-state index in [4.69, 9.17) is 4.74 Å². The van der Waals surface area contributed by atoms with E-state index in [2.05, 4.69) is 16.3 Å². The number of carbonyl (C=O) groups excluding carboxylic acids is 1. The Labute approximate surface area is 161 Å². The van der Waals surface area contributed by atoms with E-state index in [-0.39, 0.29) is 11.8 Å². The highest BCUT2D eigenvalue weighted by Crippen LogP contribution is 2.30. The van der Waals surface area contributed by atoms with Gasteiger partial charge in [-0.15, -0.1) is 0 Å². The van der Waals surface area contributed by atoms with Crippen LogP contribution in [0.25, 0.3) is 11.1 Å². The fourth-order valence-corrected chi connectivity index (χ4v) is 4.10. The number of amides is 1. The van der Waals surface area contributed by atoms with E-state index >= 15 is 0 Å². The van der Waals surface area contributed by atoms with Crippen LogP contribution in [0.2, 0.25) is 0 Å². The van der Waals surface area contributed by atoms with Crippen molar-refractivity contribution < 1.29 is 9.53 Å². The predicted octanol–water partition coefficient (Wildman–Crippen LogP) is 4.57. The number of hydrogen-bond acceptors (Lipinski definition) is 3. The molecule has 1 aliphatic heterocycles. The Morgan fingerprint density at radius 1 is 1.04 bits per heavy atom. The highest BCUT2D eigenvalue weighted by molar-refractivity contribution is 5.93. The third kappa shape index (κ3) is 4.16. The molecule has 1 amide bonds. The summed E-state index contributed by atoms with van der Waals surface area (Å²) in [6.45, 7) is 2.07. The van der Waals surface area contributed by atoms with E-state index in [0.717, 1.165) is 54.5 Å². The van der Waals surface area contributed by atoms with Crippen molar-refractivity contribution in [1.29, 1.82) is 0 Å². The minimum Gasteiger partial charge on any atom is -0.497 e. The first-order valence-electron chi connectivity index (χ1n) is 10.0. The Morgan fingerprint density at radius 2 is 1.85 bits per heavy atom. The molecule has 1 saturated heterocycles. The summed E-state index contributed by atoms with van der Waals surface area (Å²) < 4.78 is 5.30.